The lowest BCUT2D eigenvalue weighted by molar-refractivity contribution is 1.17. The van der Waals surface area contributed by atoms with Gasteiger partial charge in [0, 0.05) is 11.6 Å². The van der Waals surface area contributed by atoms with Gasteiger partial charge in [0.1, 0.15) is 12.0 Å². The Labute approximate surface area is 139 Å². The van der Waals surface area contributed by atoms with Gasteiger partial charge in [-0.3, -0.25) is 0 Å². The Bertz CT molecular complexity index is 916. The van der Waals surface area contributed by atoms with Crippen LogP contribution < -0.4 is 16.4 Å². The summed E-state index contributed by atoms with van der Waals surface area (Å²) in [5.74, 6) is 1.02. The number of hydrogen-bond acceptors (Lipinski definition) is 9. The number of nitrogens with zero attached hydrogens (tertiary/aromatic N) is 4. The van der Waals surface area contributed by atoms with E-state index in [1.807, 2.05) is 29.6 Å². The maximum Gasteiger partial charge on any atom is 0.189 e. The molecule has 0 aliphatic carbocycles. The first kappa shape index (κ1) is 13.9. The van der Waals surface area contributed by atoms with Gasteiger partial charge in [0.05, 0.1) is 10.2 Å². The van der Waals surface area contributed by atoms with E-state index in [1.165, 1.54) is 17.7 Å². The fourth-order valence-electron chi connectivity index (χ4n) is 2.01. The van der Waals surface area contributed by atoms with Crippen molar-refractivity contribution in [1.29, 1.82) is 0 Å². The third kappa shape index (κ3) is 2.79. The van der Waals surface area contributed by atoms with Crippen LogP contribution in [-0.4, -0.2) is 19.9 Å². The first-order valence-electron chi connectivity index (χ1n) is 6.69. The second kappa shape index (κ2) is 5.78. The lowest BCUT2D eigenvalue weighted by Gasteiger charge is -2.09. The Morgan fingerprint density at radius 1 is 0.957 bits per heavy atom. The van der Waals surface area contributed by atoms with Crippen molar-refractivity contribution in [2.24, 2.45) is 0 Å². The van der Waals surface area contributed by atoms with Crippen LogP contribution in [0.25, 0.3) is 10.2 Å². The second-order valence-electron chi connectivity index (χ2n) is 4.56. The predicted octanol–water partition coefficient (Wildman–Crippen LogP) is 3.61. The molecule has 0 atom stereocenters. The highest BCUT2D eigenvalue weighted by Gasteiger charge is 2.11. The highest BCUT2D eigenvalue weighted by molar-refractivity contribution is 7.22. The fraction of sp³-hybridized carbons (Fsp3) is 0. The molecule has 3 heterocycles. The monoisotopic (exact) mass is 341 g/mol. The molecule has 0 bridgehead atoms. The van der Waals surface area contributed by atoms with Crippen molar-refractivity contribution < 1.29 is 0 Å². The topological polar surface area (TPSA) is 102 Å². The minimum Gasteiger partial charge on any atom is -0.393 e. The van der Waals surface area contributed by atoms with Gasteiger partial charge in [-0.25, -0.2) is 19.9 Å². The van der Waals surface area contributed by atoms with E-state index in [4.69, 9.17) is 5.73 Å². The average molecular weight is 341 g/mol. The van der Waals surface area contributed by atoms with Crippen molar-refractivity contribution in [3.05, 3.63) is 42.2 Å². The Balaban J connectivity index is 1.63. The maximum atomic E-state index is 6.15. The number of anilines is 5. The Kier molecular flexibility index (Phi) is 3.48. The zero-order chi connectivity index (χ0) is 15.6. The number of hydrogen-bond donors (Lipinski definition) is 3. The molecule has 23 heavy (non-hydrogen) atoms. The SMILES string of the molecule is Nc1c(Nc2nccs2)ncnc1Nc1nc2ccccc2s1. The summed E-state index contributed by atoms with van der Waals surface area (Å²) < 4.78 is 1.10. The van der Waals surface area contributed by atoms with E-state index in [-0.39, 0.29) is 0 Å². The van der Waals surface area contributed by atoms with Crippen molar-refractivity contribution >= 4 is 60.5 Å². The third-order valence-electron chi connectivity index (χ3n) is 3.06. The fourth-order valence-corrected chi connectivity index (χ4v) is 3.40. The zero-order valence-electron chi connectivity index (χ0n) is 11.7. The van der Waals surface area contributed by atoms with E-state index in [0.717, 1.165) is 20.5 Å². The van der Waals surface area contributed by atoms with Crippen LogP contribution in [0.2, 0.25) is 0 Å². The molecule has 7 nitrogen and oxygen atoms in total. The number of nitrogens with one attached hydrogen (secondary N) is 2. The Morgan fingerprint density at radius 2 is 1.74 bits per heavy atom. The van der Waals surface area contributed by atoms with Crippen LogP contribution in [0.5, 0.6) is 0 Å². The molecule has 9 heteroatoms. The molecule has 0 saturated heterocycles. The van der Waals surface area contributed by atoms with Gasteiger partial charge in [0.25, 0.3) is 0 Å². The van der Waals surface area contributed by atoms with E-state index in [0.29, 0.717) is 17.3 Å². The quantitative estimate of drug-likeness (QED) is 0.521. The van der Waals surface area contributed by atoms with E-state index in [2.05, 4.69) is 30.6 Å². The molecular formula is C14H11N7S2. The van der Waals surface area contributed by atoms with Crippen LogP contribution in [0.3, 0.4) is 0 Å². The van der Waals surface area contributed by atoms with Gasteiger partial charge in [-0.2, -0.15) is 0 Å². The summed E-state index contributed by atoms with van der Waals surface area (Å²) in [5.41, 5.74) is 7.50. The minimum atomic E-state index is 0.418. The second-order valence-corrected chi connectivity index (χ2v) is 6.48. The van der Waals surface area contributed by atoms with E-state index in [9.17, 15) is 0 Å². The minimum absolute atomic E-state index is 0.418. The van der Waals surface area contributed by atoms with Gasteiger partial charge in [-0.15, -0.1) is 11.3 Å². The van der Waals surface area contributed by atoms with Crippen molar-refractivity contribution in [2.45, 2.75) is 0 Å². The molecular weight excluding hydrogens is 330 g/mol. The molecule has 0 spiro atoms. The number of benzene rings is 1. The molecule has 4 rings (SSSR count). The molecule has 0 fully saturated rings. The third-order valence-corrected chi connectivity index (χ3v) is 4.70. The average Bonchev–Trinajstić information content (AvgIpc) is 3.20. The number of nitrogen functional groups attached to an aromatic ring is 1. The molecule has 1 aromatic carbocycles. The molecule has 0 aliphatic heterocycles. The van der Waals surface area contributed by atoms with Crippen LogP contribution in [0.15, 0.2) is 42.2 Å². The molecule has 0 radical (unpaired) electrons. The lowest BCUT2D eigenvalue weighted by Crippen LogP contribution is -2.04. The summed E-state index contributed by atoms with van der Waals surface area (Å²) in [5, 5.41) is 9.57. The van der Waals surface area contributed by atoms with Gasteiger partial charge >= 0.3 is 0 Å². The first-order valence-corrected chi connectivity index (χ1v) is 8.39. The molecule has 4 N–H and O–H groups in total. The standard InChI is InChI=1S/C14H11N7S2/c15-10-11(20-13-16-5-6-22-13)17-7-18-12(10)21-14-19-8-3-1-2-4-9(8)23-14/h1-7H,15H2,(H2,16,17,18,19,20,21). The smallest absolute Gasteiger partial charge is 0.189 e. The number of para-hydroxylation sites is 1. The summed E-state index contributed by atoms with van der Waals surface area (Å²) in [6, 6.07) is 7.94. The molecule has 4 aromatic rings. The van der Waals surface area contributed by atoms with Crippen molar-refractivity contribution in [3.63, 3.8) is 0 Å². The first-order chi connectivity index (χ1) is 11.3. The lowest BCUT2D eigenvalue weighted by atomic mass is 10.3. The summed E-state index contributed by atoms with van der Waals surface area (Å²) in [6.45, 7) is 0. The largest absolute Gasteiger partial charge is 0.393 e. The van der Waals surface area contributed by atoms with E-state index in [1.54, 1.807) is 17.5 Å². The maximum absolute atomic E-state index is 6.15. The number of thiazole rings is 2. The summed E-state index contributed by atoms with van der Waals surface area (Å²) in [6.07, 6.45) is 3.16. The summed E-state index contributed by atoms with van der Waals surface area (Å²) >= 11 is 3.01. The number of nitrogens with two attached hydrogens (primary N) is 1. The highest BCUT2D eigenvalue weighted by atomic mass is 32.1. The highest BCUT2D eigenvalue weighted by Crippen LogP contribution is 2.32. The Hall–Kier alpha value is -2.78. The van der Waals surface area contributed by atoms with E-state index < -0.39 is 0 Å². The number of aromatic nitrogens is 4. The van der Waals surface area contributed by atoms with Gasteiger partial charge in [0.2, 0.25) is 0 Å². The summed E-state index contributed by atoms with van der Waals surface area (Å²) in [7, 11) is 0. The van der Waals surface area contributed by atoms with Crippen LogP contribution >= 0.6 is 22.7 Å². The van der Waals surface area contributed by atoms with E-state index >= 15 is 0 Å². The molecule has 114 valence electrons. The van der Waals surface area contributed by atoms with Crippen LogP contribution in [0, 0.1) is 0 Å². The molecule has 0 saturated carbocycles. The van der Waals surface area contributed by atoms with Crippen LogP contribution in [0.4, 0.5) is 27.6 Å². The van der Waals surface area contributed by atoms with Crippen molar-refractivity contribution in [1.82, 2.24) is 19.9 Å². The Morgan fingerprint density at radius 3 is 2.48 bits per heavy atom. The van der Waals surface area contributed by atoms with Gasteiger partial charge in [-0.1, -0.05) is 23.5 Å². The molecule has 3 aromatic heterocycles. The summed E-state index contributed by atoms with van der Waals surface area (Å²) in [4.78, 5) is 17.0. The normalized spacial score (nSPS) is 10.8. The predicted molar refractivity (Wildman–Crippen MR) is 94.7 cm³/mol. The molecule has 0 unspecified atom stereocenters. The van der Waals surface area contributed by atoms with Gasteiger partial charge < -0.3 is 16.4 Å². The van der Waals surface area contributed by atoms with Crippen molar-refractivity contribution in [3.8, 4) is 0 Å². The number of fused-ring (bicyclic) bond motifs is 1. The zero-order valence-corrected chi connectivity index (χ0v) is 13.4. The van der Waals surface area contributed by atoms with Gasteiger partial charge in [-0.05, 0) is 12.1 Å². The van der Waals surface area contributed by atoms with Crippen LogP contribution in [-0.2, 0) is 0 Å². The van der Waals surface area contributed by atoms with Gasteiger partial charge in [0.15, 0.2) is 21.9 Å². The molecule has 0 aliphatic rings. The number of rotatable bonds is 4. The van der Waals surface area contributed by atoms with Crippen molar-refractivity contribution in [2.75, 3.05) is 16.4 Å². The molecule has 0 amide bonds. The van der Waals surface area contributed by atoms with Crippen LogP contribution in [0.1, 0.15) is 0 Å².